The van der Waals surface area contributed by atoms with Crippen molar-refractivity contribution >= 4 is 53.9 Å². The molecule has 1 aliphatic rings. The lowest BCUT2D eigenvalue weighted by Gasteiger charge is -2.22. The molecule has 0 N–H and O–H groups in total. The highest BCUT2D eigenvalue weighted by atomic mass is 15.0. The van der Waals surface area contributed by atoms with E-state index in [1.807, 2.05) is 0 Å². The Labute approximate surface area is 804 Å². The zero-order valence-electron chi connectivity index (χ0n) is 89.0. The summed E-state index contributed by atoms with van der Waals surface area (Å²) in [4.78, 5) is 0. The minimum atomic E-state index is 0.135. The zero-order valence-corrected chi connectivity index (χ0v) is 89.0. The molecule has 1 fully saturated rings. The Morgan fingerprint density at radius 3 is 0.857 bits per heavy atom. The van der Waals surface area contributed by atoms with Crippen LogP contribution in [-0.2, 0) is 72.8 Å². The van der Waals surface area contributed by atoms with Gasteiger partial charge in [0.1, 0.15) is 35.2 Å². The maximum absolute atomic E-state index is 2.51. The third-order valence-electron chi connectivity index (χ3n) is 29.1. The molecule has 0 saturated heterocycles. The second kappa shape index (κ2) is 42.4. The van der Waals surface area contributed by atoms with Crippen molar-refractivity contribution in [3.63, 3.8) is 0 Å². The lowest BCUT2D eigenvalue weighted by Crippen LogP contribution is -2.35. The Bertz CT molecular complexity index is 6830. The maximum Gasteiger partial charge on any atom is 0.220 e. The first-order valence-corrected chi connectivity index (χ1v) is 50.3. The summed E-state index contributed by atoms with van der Waals surface area (Å²) in [7, 11) is 11.0. The third-order valence-corrected chi connectivity index (χ3v) is 29.1. The van der Waals surface area contributed by atoms with Crippen LogP contribution in [0.15, 0.2) is 188 Å². The van der Waals surface area contributed by atoms with Crippen LogP contribution in [0.2, 0.25) is 0 Å². The van der Waals surface area contributed by atoms with E-state index >= 15 is 0 Å². The van der Waals surface area contributed by atoms with Crippen LogP contribution in [0.25, 0.3) is 110 Å². The summed E-state index contributed by atoms with van der Waals surface area (Å²) in [6.45, 7) is 70.0. The van der Waals surface area contributed by atoms with Gasteiger partial charge in [0, 0.05) is 70.5 Å². The van der Waals surface area contributed by atoms with E-state index in [1.54, 1.807) is 5.56 Å². The summed E-state index contributed by atoms with van der Waals surface area (Å²) in [6, 6.07) is 72.6. The highest BCUT2D eigenvalue weighted by molar-refractivity contribution is 5.99. The highest BCUT2D eigenvalue weighted by Gasteiger charge is 2.30. The van der Waals surface area contributed by atoms with E-state index < -0.39 is 0 Å². The van der Waals surface area contributed by atoms with Gasteiger partial charge in [0.15, 0.2) is 28.5 Å². The molecule has 0 amide bonds. The molecular weight excluding hydrogens is 1610 g/mol. The Morgan fingerprint density at radius 2 is 0.541 bits per heavy atom. The van der Waals surface area contributed by atoms with Gasteiger partial charge in [0.05, 0.1) is 49.2 Å². The largest absolute Gasteiger partial charge is 0.220 e. The number of pyridine rings is 5. The molecule has 0 aliphatic heterocycles. The smallest absolute Gasteiger partial charge is 0.198 e. The average Bonchev–Trinajstić information content (AvgIpc) is 1.34. The second-order valence-corrected chi connectivity index (χ2v) is 44.0. The van der Waals surface area contributed by atoms with E-state index in [4.69, 9.17) is 0 Å². The SMILES string of the molecule is Cc1cc(C(C)(C)C)cc(-c2c3ccc(CC(C)C)cc3cc(C)[n+]2C)c1C.Cc1cc(C(C)C)cc(-c2c3ccc(CC(C)C)cc3cc(C)[n+]2C)c1C.Cc1cc(C)c(C)c(-c2c3ccc(CC(C)C)cc3cc(C)[n+]2C)c1.Cc1cc(C2CCCC2)cc(-c2c3ccc(CC(C)C)cc3cc(C)[n+]2C)c1C.Cc1ccc(C)c(-c2c3ccc(CC(C)C)cc3cc(C)[n+]2C)c1. The van der Waals surface area contributed by atoms with Crippen molar-refractivity contribution in [2.45, 2.75) is 290 Å². The van der Waals surface area contributed by atoms with Crippen molar-refractivity contribution in [1.82, 2.24) is 0 Å². The molecule has 5 heteroatoms. The molecule has 10 aromatic carbocycles. The fourth-order valence-corrected chi connectivity index (χ4v) is 20.7. The van der Waals surface area contributed by atoms with Gasteiger partial charge < -0.3 is 0 Å². The van der Waals surface area contributed by atoms with Gasteiger partial charge in [-0.25, -0.2) is 0 Å². The van der Waals surface area contributed by atoms with Crippen molar-refractivity contribution in [1.29, 1.82) is 0 Å². The van der Waals surface area contributed by atoms with Crippen LogP contribution < -0.4 is 22.8 Å². The summed E-state index contributed by atoms with van der Waals surface area (Å²) in [6.07, 6.45) is 11.1. The Balaban J connectivity index is 0.000000150. The van der Waals surface area contributed by atoms with Crippen LogP contribution in [0, 0.1) is 140 Å². The van der Waals surface area contributed by atoms with E-state index in [0.717, 1.165) is 38.0 Å². The number of aromatic nitrogens is 5. The number of aryl methyl sites for hydroxylation is 12. The van der Waals surface area contributed by atoms with Crippen LogP contribution in [0.5, 0.6) is 0 Å². The molecule has 0 bridgehead atoms. The van der Waals surface area contributed by atoms with Crippen LogP contribution in [0.3, 0.4) is 0 Å². The maximum atomic E-state index is 2.51. The average molecular weight is 1770 g/mol. The molecule has 0 spiro atoms. The Hall–Kier alpha value is -10.8. The van der Waals surface area contributed by atoms with Gasteiger partial charge in [-0.1, -0.05) is 225 Å². The number of nitrogens with zero attached hydrogens (tertiary/aromatic N) is 5. The monoisotopic (exact) mass is 1770 g/mol. The van der Waals surface area contributed by atoms with Gasteiger partial charge in [-0.2, -0.15) is 22.8 Å². The number of hydrogen-bond acceptors (Lipinski definition) is 0. The lowest BCUT2D eigenvalue weighted by atomic mass is 9.82. The zero-order chi connectivity index (χ0) is 97.1. The first-order chi connectivity index (χ1) is 62.7. The summed E-state index contributed by atoms with van der Waals surface area (Å²) >= 11 is 0. The first kappa shape index (κ1) is 101. The number of rotatable bonds is 17. The molecule has 0 unspecified atom stereocenters. The Kier molecular flexibility index (Phi) is 32.3. The third kappa shape index (κ3) is 23.3. The first-order valence-electron chi connectivity index (χ1n) is 50.3. The van der Waals surface area contributed by atoms with Gasteiger partial charge in [-0.05, 0) is 350 Å². The van der Waals surface area contributed by atoms with E-state index in [0.29, 0.717) is 35.5 Å². The van der Waals surface area contributed by atoms with Crippen LogP contribution >= 0.6 is 0 Å². The van der Waals surface area contributed by atoms with Crippen LogP contribution in [0.4, 0.5) is 0 Å². The van der Waals surface area contributed by atoms with Crippen molar-refractivity contribution in [2.24, 2.45) is 64.8 Å². The molecule has 5 aromatic heterocycles. The quantitative estimate of drug-likeness (QED) is 0.0810. The van der Waals surface area contributed by atoms with E-state index in [-0.39, 0.29) is 5.41 Å². The molecule has 16 rings (SSSR count). The molecule has 696 valence electrons. The number of fused-ring (bicyclic) bond motifs is 5. The van der Waals surface area contributed by atoms with Crippen molar-refractivity contribution in [3.8, 4) is 56.3 Å². The summed E-state index contributed by atoms with van der Waals surface area (Å²) in [5.74, 6) is 4.66. The summed E-state index contributed by atoms with van der Waals surface area (Å²) < 4.78 is 11.8. The van der Waals surface area contributed by atoms with Gasteiger partial charge in [-0.3, -0.25) is 0 Å². The van der Waals surface area contributed by atoms with Crippen molar-refractivity contribution in [2.75, 3.05) is 0 Å². The molecule has 1 aliphatic carbocycles. The molecule has 15 aromatic rings. The normalized spacial score (nSPS) is 12.5. The molecule has 1 saturated carbocycles. The topological polar surface area (TPSA) is 19.4 Å². The number of benzene rings is 10. The minimum absolute atomic E-state index is 0.135. The molecule has 0 atom stereocenters. The fourth-order valence-electron chi connectivity index (χ4n) is 20.7. The summed E-state index contributed by atoms with van der Waals surface area (Å²) in [5, 5.41) is 13.5. The van der Waals surface area contributed by atoms with Gasteiger partial charge in [0.2, 0.25) is 28.5 Å². The highest BCUT2D eigenvalue weighted by Crippen LogP contribution is 2.43. The molecule has 0 radical (unpaired) electrons. The van der Waals surface area contributed by atoms with E-state index in [1.165, 1.54) is 264 Å². The van der Waals surface area contributed by atoms with Crippen molar-refractivity contribution in [3.05, 3.63) is 322 Å². The molecule has 5 heterocycles. The minimum Gasteiger partial charge on any atom is -0.198 e. The van der Waals surface area contributed by atoms with Crippen LogP contribution in [-0.4, -0.2) is 0 Å². The lowest BCUT2D eigenvalue weighted by molar-refractivity contribution is -0.665. The number of hydrogen-bond donors (Lipinski definition) is 0. The fraction of sp³-hybridized carbons (Fsp3) is 0.414. The predicted octanol–water partition coefficient (Wildman–Crippen LogP) is 31.7. The molecule has 133 heavy (non-hydrogen) atoms. The van der Waals surface area contributed by atoms with E-state index in [9.17, 15) is 0 Å². The standard InChI is InChI=1S/C28H36N.C27H36N.C26H34N.C24H30N.C23H28N/c1-18(2)13-22-11-12-26-25(16-22)15-20(4)29(6)28(26)27-17-24(14-19(3)21(27)5)23-9-7-8-10-23;1-17(2)12-21-10-11-24-22(15-21)14-19(4)28(9)26(24)25-16-23(27(6,7)8)13-18(3)20(25)5;1-16(2)11-21-9-10-24-23(14-21)13-19(6)27(8)26(24)25-15-22(17(3)4)12-18(5)20(25)7;1-15(2)10-20-8-9-22-21(14-20)13-18(5)25(7)24(22)23-12-16(3)11-17(4)19(23)6;1-15(2)11-19-9-10-21-20(14-19)13-18(5)24(6)23(21)22-12-16(3)7-8-17(22)4/h11-12,14-18,23H,7-10,13H2,1-6H3;10-11,13-17H,12H2,1-9H3;9-10,12-17H,11H2,1-8H3;8-9,11-15H,10H2,1-7H3;7-10,12-15H,11H2,1-6H3/q5*+1. The van der Waals surface area contributed by atoms with E-state index in [2.05, 4.69) is 461 Å². The predicted molar refractivity (Wildman–Crippen MR) is 575 cm³/mol. The molecule has 5 nitrogen and oxygen atoms in total. The summed E-state index contributed by atoms with van der Waals surface area (Å²) in [5.41, 5.74) is 46.7. The second-order valence-electron chi connectivity index (χ2n) is 44.0. The Morgan fingerprint density at radius 1 is 0.263 bits per heavy atom. The van der Waals surface area contributed by atoms with Gasteiger partial charge in [0.25, 0.3) is 0 Å². The van der Waals surface area contributed by atoms with Crippen LogP contribution in [0.1, 0.15) is 276 Å². The van der Waals surface area contributed by atoms with Crippen molar-refractivity contribution < 1.29 is 22.8 Å². The molecular formula is C128H164N5+5. The van der Waals surface area contributed by atoms with Gasteiger partial charge in [-0.15, -0.1) is 0 Å². The van der Waals surface area contributed by atoms with Gasteiger partial charge >= 0.3 is 0 Å².